The van der Waals surface area contributed by atoms with Gasteiger partial charge in [0.15, 0.2) is 16.8 Å². The molecular weight excluding hydrogens is 362 g/mol. The molecule has 0 saturated carbocycles. The molecule has 0 bridgehead atoms. The van der Waals surface area contributed by atoms with Crippen LogP contribution in [0.5, 0.6) is 0 Å². The van der Waals surface area contributed by atoms with Gasteiger partial charge >= 0.3 is 0 Å². The molecule has 0 aliphatic rings. The zero-order valence-electron chi connectivity index (χ0n) is 13.2. The van der Waals surface area contributed by atoms with Gasteiger partial charge in [0.05, 0.1) is 0 Å². The lowest BCUT2D eigenvalue weighted by molar-refractivity contribution is 0.0945. The molecule has 3 aromatic rings. The van der Waals surface area contributed by atoms with E-state index in [4.69, 9.17) is 0 Å². The van der Waals surface area contributed by atoms with Crippen LogP contribution in [0.2, 0.25) is 0 Å². The van der Waals surface area contributed by atoms with Crippen LogP contribution in [0.1, 0.15) is 26.4 Å². The molecule has 1 aromatic carbocycles. The molecule has 0 radical (unpaired) electrons. The van der Waals surface area contributed by atoms with Crippen LogP contribution in [-0.2, 0) is 6.54 Å². The van der Waals surface area contributed by atoms with Crippen molar-refractivity contribution in [2.24, 2.45) is 0 Å². The van der Waals surface area contributed by atoms with Gasteiger partial charge < -0.3 is 5.32 Å². The molecule has 0 aliphatic heterocycles. The van der Waals surface area contributed by atoms with Crippen LogP contribution in [0.25, 0.3) is 0 Å². The quantitative estimate of drug-likeness (QED) is 0.719. The third kappa shape index (κ3) is 4.25. The Morgan fingerprint density at radius 1 is 1.04 bits per heavy atom. The molecule has 0 saturated heterocycles. The minimum absolute atomic E-state index is 0.0530. The maximum atomic E-state index is 13.2. The summed E-state index contributed by atoms with van der Waals surface area (Å²) in [6.07, 6.45) is 3.24. The Balaban J connectivity index is 1.61. The Labute approximate surface area is 150 Å². The summed E-state index contributed by atoms with van der Waals surface area (Å²) in [5.74, 6) is -3.20. The molecule has 0 fully saturated rings. The average molecular weight is 374 g/mol. The first kappa shape index (κ1) is 17.6. The molecule has 3 rings (SSSR count). The first-order valence-corrected chi connectivity index (χ1v) is 8.30. The number of carbonyl (C=O) groups excluding carboxylic acids is 2. The van der Waals surface area contributed by atoms with E-state index in [9.17, 15) is 18.4 Å². The zero-order valence-corrected chi connectivity index (χ0v) is 14.0. The van der Waals surface area contributed by atoms with E-state index in [2.05, 4.69) is 20.6 Å². The fraction of sp³-hybridized carbons (Fsp3) is 0.0588. The van der Waals surface area contributed by atoms with E-state index in [1.807, 2.05) is 0 Å². The largest absolute Gasteiger partial charge is 0.347 e. The molecule has 2 amide bonds. The molecule has 132 valence electrons. The maximum Gasteiger partial charge on any atom is 0.271 e. The summed E-state index contributed by atoms with van der Waals surface area (Å²) in [6.45, 7) is 0.315. The van der Waals surface area contributed by atoms with Gasteiger partial charge in [-0.25, -0.2) is 13.8 Å². The summed E-state index contributed by atoms with van der Waals surface area (Å²) in [5.41, 5.74) is 0.975. The fourth-order valence-corrected chi connectivity index (χ4v) is 2.70. The number of rotatable bonds is 5. The highest BCUT2D eigenvalue weighted by atomic mass is 32.1. The lowest BCUT2D eigenvalue weighted by Gasteiger charge is -2.03. The van der Waals surface area contributed by atoms with Crippen LogP contribution in [0.4, 0.5) is 13.9 Å². The third-order valence-corrected chi connectivity index (χ3v) is 4.10. The number of anilines is 1. The molecule has 2 heterocycles. The highest BCUT2D eigenvalue weighted by molar-refractivity contribution is 7.14. The summed E-state index contributed by atoms with van der Waals surface area (Å²) < 4.78 is 26.1. The first-order valence-electron chi connectivity index (χ1n) is 7.42. The highest BCUT2D eigenvalue weighted by Crippen LogP contribution is 2.17. The van der Waals surface area contributed by atoms with E-state index >= 15 is 0 Å². The Morgan fingerprint density at radius 2 is 1.81 bits per heavy atom. The normalized spacial score (nSPS) is 10.4. The monoisotopic (exact) mass is 374 g/mol. The zero-order chi connectivity index (χ0) is 18.5. The van der Waals surface area contributed by atoms with E-state index in [-0.39, 0.29) is 16.4 Å². The Bertz CT molecular complexity index is 947. The summed E-state index contributed by atoms with van der Waals surface area (Å²) in [7, 11) is 0. The number of aromatic nitrogens is 2. The number of thiazole rings is 1. The predicted molar refractivity (Wildman–Crippen MR) is 91.8 cm³/mol. The van der Waals surface area contributed by atoms with Crippen LogP contribution in [0, 0.1) is 11.6 Å². The number of pyridine rings is 1. The SMILES string of the molecule is O=C(Nc1nc(C(=O)NCc2ccncc2)cs1)c1ccc(F)c(F)c1. The van der Waals surface area contributed by atoms with Crippen LogP contribution in [-0.4, -0.2) is 21.8 Å². The third-order valence-electron chi connectivity index (χ3n) is 3.34. The van der Waals surface area contributed by atoms with Gasteiger partial charge in [-0.2, -0.15) is 0 Å². The number of nitrogens with zero attached hydrogens (tertiary/aromatic N) is 2. The standard InChI is InChI=1S/C17H12F2N4O2S/c18-12-2-1-11(7-13(12)19)15(24)23-17-22-14(9-26-17)16(25)21-8-10-3-5-20-6-4-10/h1-7,9H,8H2,(H,21,25)(H,22,23,24). The van der Waals surface area contributed by atoms with Gasteiger partial charge in [-0.15, -0.1) is 11.3 Å². The van der Waals surface area contributed by atoms with Crippen molar-refractivity contribution >= 4 is 28.3 Å². The van der Waals surface area contributed by atoms with Crippen molar-refractivity contribution in [1.29, 1.82) is 0 Å². The van der Waals surface area contributed by atoms with Crippen molar-refractivity contribution in [2.75, 3.05) is 5.32 Å². The smallest absolute Gasteiger partial charge is 0.271 e. The average Bonchev–Trinajstić information content (AvgIpc) is 3.11. The van der Waals surface area contributed by atoms with Crippen LogP contribution in [0.3, 0.4) is 0 Å². The van der Waals surface area contributed by atoms with Crippen molar-refractivity contribution in [3.05, 3.63) is 76.6 Å². The molecule has 6 nitrogen and oxygen atoms in total. The minimum atomic E-state index is -1.12. The summed E-state index contributed by atoms with van der Waals surface area (Å²) in [5, 5.41) is 6.81. The molecule has 0 unspecified atom stereocenters. The fourth-order valence-electron chi connectivity index (χ4n) is 2.02. The van der Waals surface area contributed by atoms with Crippen LogP contribution < -0.4 is 10.6 Å². The maximum absolute atomic E-state index is 13.2. The van der Waals surface area contributed by atoms with Crippen molar-refractivity contribution in [3.63, 3.8) is 0 Å². The number of halogens is 2. The lowest BCUT2D eigenvalue weighted by Crippen LogP contribution is -2.23. The van der Waals surface area contributed by atoms with Gasteiger partial charge in [-0.3, -0.25) is 19.9 Å². The van der Waals surface area contributed by atoms with Gasteiger partial charge in [0, 0.05) is 29.9 Å². The second kappa shape index (κ2) is 7.79. The van der Waals surface area contributed by atoms with Crippen molar-refractivity contribution in [3.8, 4) is 0 Å². The van der Waals surface area contributed by atoms with E-state index in [1.54, 1.807) is 24.5 Å². The minimum Gasteiger partial charge on any atom is -0.347 e. The second-order valence-electron chi connectivity index (χ2n) is 5.16. The molecule has 0 aliphatic carbocycles. The van der Waals surface area contributed by atoms with Gasteiger partial charge in [0.1, 0.15) is 5.69 Å². The Morgan fingerprint density at radius 3 is 2.54 bits per heavy atom. The van der Waals surface area contributed by atoms with Gasteiger partial charge in [-0.1, -0.05) is 0 Å². The van der Waals surface area contributed by atoms with E-state index in [0.717, 1.165) is 35.1 Å². The number of nitrogens with one attached hydrogen (secondary N) is 2. The number of benzene rings is 1. The van der Waals surface area contributed by atoms with E-state index in [0.29, 0.717) is 6.54 Å². The molecule has 0 spiro atoms. The Hall–Kier alpha value is -3.20. The topological polar surface area (TPSA) is 84.0 Å². The molecule has 26 heavy (non-hydrogen) atoms. The summed E-state index contributed by atoms with van der Waals surface area (Å²) in [4.78, 5) is 32.0. The second-order valence-corrected chi connectivity index (χ2v) is 6.02. The molecule has 2 N–H and O–H groups in total. The molecular formula is C17H12F2N4O2S. The predicted octanol–water partition coefficient (Wildman–Crippen LogP) is 3.00. The van der Waals surface area contributed by atoms with E-state index in [1.165, 1.54) is 5.38 Å². The number of amides is 2. The van der Waals surface area contributed by atoms with Crippen LogP contribution in [0.15, 0.2) is 48.1 Å². The van der Waals surface area contributed by atoms with Gasteiger partial charge in [-0.05, 0) is 35.9 Å². The number of hydrogen-bond acceptors (Lipinski definition) is 5. The number of carbonyl (C=O) groups is 2. The molecule has 2 aromatic heterocycles. The van der Waals surface area contributed by atoms with Crippen molar-refractivity contribution in [1.82, 2.24) is 15.3 Å². The molecule has 9 heteroatoms. The van der Waals surface area contributed by atoms with E-state index < -0.39 is 23.4 Å². The molecule has 0 atom stereocenters. The van der Waals surface area contributed by atoms with Gasteiger partial charge in [0.2, 0.25) is 0 Å². The van der Waals surface area contributed by atoms with Crippen LogP contribution >= 0.6 is 11.3 Å². The number of hydrogen-bond donors (Lipinski definition) is 2. The summed E-state index contributed by atoms with van der Waals surface area (Å²) >= 11 is 1.05. The van der Waals surface area contributed by atoms with Gasteiger partial charge in [0.25, 0.3) is 11.8 Å². The van der Waals surface area contributed by atoms with Crippen molar-refractivity contribution in [2.45, 2.75) is 6.54 Å². The Kier molecular flexibility index (Phi) is 5.28. The lowest BCUT2D eigenvalue weighted by atomic mass is 10.2. The first-order chi connectivity index (χ1) is 12.5. The highest BCUT2D eigenvalue weighted by Gasteiger charge is 2.14. The summed E-state index contributed by atoms with van der Waals surface area (Å²) in [6, 6.07) is 6.36. The van der Waals surface area contributed by atoms with Crippen molar-refractivity contribution < 1.29 is 18.4 Å².